The smallest absolute Gasteiger partial charge is 0.272 e. The van der Waals surface area contributed by atoms with Crippen molar-refractivity contribution >= 4 is 39.7 Å². The van der Waals surface area contributed by atoms with E-state index in [-0.39, 0.29) is 5.91 Å². The number of nitrogens with one attached hydrogen (secondary N) is 1. The van der Waals surface area contributed by atoms with E-state index in [1.807, 2.05) is 38.1 Å². The second-order valence-electron chi connectivity index (χ2n) is 4.80. The number of halogens is 2. The Balaban J connectivity index is 2.12. The summed E-state index contributed by atoms with van der Waals surface area (Å²) < 4.78 is 6.42. The van der Waals surface area contributed by atoms with Crippen molar-refractivity contribution in [2.75, 3.05) is 6.61 Å². The number of carbonyl (C=O) groups is 1. The van der Waals surface area contributed by atoms with Gasteiger partial charge in [0.25, 0.3) is 5.91 Å². The van der Waals surface area contributed by atoms with Crippen LogP contribution in [0.3, 0.4) is 0 Å². The number of hydrazone groups is 1. The van der Waals surface area contributed by atoms with Gasteiger partial charge in [-0.25, -0.2) is 5.43 Å². The Hall–Kier alpha value is -1.85. The standard InChI is InChI=1S/C17H16BrClN2O2/c1-3-23-16-7-5-13(18)9-12(16)10-20-21-17(22)14-6-4-11(2)8-15(14)19/h4-10H,3H2,1-2H3,(H,21,22)/b20-10-. The van der Waals surface area contributed by atoms with Gasteiger partial charge in [0.05, 0.1) is 23.4 Å². The van der Waals surface area contributed by atoms with Crippen LogP contribution in [0.15, 0.2) is 46.0 Å². The Morgan fingerprint density at radius 2 is 2.13 bits per heavy atom. The average molecular weight is 396 g/mol. The topological polar surface area (TPSA) is 50.7 Å². The molecule has 0 fully saturated rings. The third-order valence-electron chi connectivity index (χ3n) is 3.01. The summed E-state index contributed by atoms with van der Waals surface area (Å²) in [6.07, 6.45) is 1.54. The van der Waals surface area contributed by atoms with E-state index >= 15 is 0 Å². The molecule has 6 heteroatoms. The van der Waals surface area contributed by atoms with Crippen molar-refractivity contribution in [3.63, 3.8) is 0 Å². The van der Waals surface area contributed by atoms with Crippen molar-refractivity contribution in [1.82, 2.24) is 5.43 Å². The number of amides is 1. The third-order valence-corrected chi connectivity index (χ3v) is 3.82. The van der Waals surface area contributed by atoms with Crippen LogP contribution in [-0.2, 0) is 0 Å². The van der Waals surface area contributed by atoms with E-state index in [9.17, 15) is 4.79 Å². The van der Waals surface area contributed by atoms with E-state index in [1.165, 1.54) is 6.21 Å². The third kappa shape index (κ3) is 4.81. The lowest BCUT2D eigenvalue weighted by molar-refractivity contribution is 0.0955. The monoisotopic (exact) mass is 394 g/mol. The molecular weight excluding hydrogens is 380 g/mol. The number of aryl methyl sites for hydroxylation is 1. The highest BCUT2D eigenvalue weighted by Crippen LogP contribution is 2.22. The summed E-state index contributed by atoms with van der Waals surface area (Å²) in [5.74, 6) is 0.335. The van der Waals surface area contributed by atoms with Gasteiger partial charge in [0.15, 0.2) is 0 Å². The van der Waals surface area contributed by atoms with Gasteiger partial charge in [-0.1, -0.05) is 33.6 Å². The molecule has 1 amide bonds. The maximum Gasteiger partial charge on any atom is 0.272 e. The number of nitrogens with zero attached hydrogens (tertiary/aromatic N) is 1. The van der Waals surface area contributed by atoms with Gasteiger partial charge < -0.3 is 4.74 Å². The highest BCUT2D eigenvalue weighted by molar-refractivity contribution is 9.10. The minimum Gasteiger partial charge on any atom is -0.493 e. The van der Waals surface area contributed by atoms with Crippen molar-refractivity contribution < 1.29 is 9.53 Å². The van der Waals surface area contributed by atoms with Crippen LogP contribution in [0.5, 0.6) is 5.75 Å². The fourth-order valence-corrected chi connectivity index (χ4v) is 2.63. The molecule has 0 saturated heterocycles. The molecule has 0 bridgehead atoms. The fourth-order valence-electron chi connectivity index (χ4n) is 1.93. The molecule has 1 N–H and O–H groups in total. The Bertz CT molecular complexity index is 747. The van der Waals surface area contributed by atoms with E-state index in [0.29, 0.717) is 22.9 Å². The van der Waals surface area contributed by atoms with Crippen LogP contribution in [0, 0.1) is 6.92 Å². The number of carbonyl (C=O) groups excluding carboxylic acids is 1. The zero-order valence-electron chi connectivity index (χ0n) is 12.8. The number of hydrogen-bond donors (Lipinski definition) is 1. The Labute approximate surface area is 148 Å². The van der Waals surface area contributed by atoms with Crippen molar-refractivity contribution in [1.29, 1.82) is 0 Å². The molecule has 0 saturated carbocycles. The van der Waals surface area contributed by atoms with Crippen molar-refractivity contribution in [2.45, 2.75) is 13.8 Å². The van der Waals surface area contributed by atoms with Crippen LogP contribution in [0.4, 0.5) is 0 Å². The minimum absolute atomic E-state index is 0.362. The van der Waals surface area contributed by atoms with E-state index in [1.54, 1.807) is 12.1 Å². The molecule has 0 heterocycles. The van der Waals surface area contributed by atoms with Crippen LogP contribution >= 0.6 is 27.5 Å². The van der Waals surface area contributed by atoms with E-state index in [0.717, 1.165) is 15.6 Å². The van der Waals surface area contributed by atoms with Gasteiger partial charge >= 0.3 is 0 Å². The van der Waals surface area contributed by atoms with Gasteiger partial charge in [-0.05, 0) is 49.7 Å². The van der Waals surface area contributed by atoms with Crippen LogP contribution < -0.4 is 10.2 Å². The second kappa shape index (κ2) is 8.13. The van der Waals surface area contributed by atoms with E-state index in [2.05, 4.69) is 26.5 Å². The van der Waals surface area contributed by atoms with Crippen LogP contribution in [-0.4, -0.2) is 18.7 Å². The summed E-state index contributed by atoms with van der Waals surface area (Å²) >= 11 is 9.47. The van der Waals surface area contributed by atoms with Crippen molar-refractivity contribution in [3.8, 4) is 5.75 Å². The minimum atomic E-state index is -0.362. The normalized spacial score (nSPS) is 10.8. The molecule has 120 valence electrons. The van der Waals surface area contributed by atoms with Crippen molar-refractivity contribution in [3.05, 3.63) is 62.6 Å². The van der Waals surface area contributed by atoms with Crippen LogP contribution in [0.1, 0.15) is 28.4 Å². The first-order valence-corrected chi connectivity index (χ1v) is 8.20. The van der Waals surface area contributed by atoms with Crippen LogP contribution in [0.2, 0.25) is 5.02 Å². The SMILES string of the molecule is CCOc1ccc(Br)cc1/C=N\NC(=O)c1ccc(C)cc1Cl. The van der Waals surface area contributed by atoms with Gasteiger partial charge in [0.1, 0.15) is 5.75 Å². The molecule has 23 heavy (non-hydrogen) atoms. The average Bonchev–Trinajstić information content (AvgIpc) is 2.50. The molecule has 2 rings (SSSR count). The lowest BCUT2D eigenvalue weighted by Crippen LogP contribution is -2.18. The lowest BCUT2D eigenvalue weighted by atomic mass is 10.1. The summed E-state index contributed by atoms with van der Waals surface area (Å²) in [5, 5.41) is 4.38. The first kappa shape index (κ1) is 17.5. The maximum absolute atomic E-state index is 12.1. The molecule has 0 unspecified atom stereocenters. The van der Waals surface area contributed by atoms with Crippen molar-refractivity contribution in [2.24, 2.45) is 5.10 Å². The molecule has 0 atom stereocenters. The molecule has 2 aromatic rings. The van der Waals surface area contributed by atoms with E-state index in [4.69, 9.17) is 16.3 Å². The quantitative estimate of drug-likeness (QED) is 0.595. The number of rotatable bonds is 5. The van der Waals surface area contributed by atoms with Gasteiger partial charge in [-0.2, -0.15) is 5.10 Å². The molecular formula is C17H16BrClN2O2. The molecule has 2 aromatic carbocycles. The molecule has 0 aromatic heterocycles. The summed E-state index contributed by atoms with van der Waals surface area (Å²) in [6.45, 7) is 4.37. The highest BCUT2D eigenvalue weighted by Gasteiger charge is 2.09. The highest BCUT2D eigenvalue weighted by atomic mass is 79.9. The summed E-state index contributed by atoms with van der Waals surface area (Å²) in [5.41, 5.74) is 4.61. The summed E-state index contributed by atoms with van der Waals surface area (Å²) in [7, 11) is 0. The predicted molar refractivity (Wildman–Crippen MR) is 96.6 cm³/mol. The van der Waals surface area contributed by atoms with Gasteiger partial charge in [-0.3, -0.25) is 4.79 Å². The number of benzene rings is 2. The fraction of sp³-hybridized carbons (Fsp3) is 0.176. The molecule has 0 aliphatic heterocycles. The molecule has 0 aliphatic carbocycles. The summed E-state index contributed by atoms with van der Waals surface area (Å²) in [6, 6.07) is 10.8. The Kier molecular flexibility index (Phi) is 6.19. The molecule has 0 aliphatic rings. The molecule has 4 nitrogen and oxygen atoms in total. The lowest BCUT2D eigenvalue weighted by Gasteiger charge is -2.07. The first-order chi connectivity index (χ1) is 11.0. The van der Waals surface area contributed by atoms with E-state index < -0.39 is 0 Å². The Morgan fingerprint density at radius 3 is 2.83 bits per heavy atom. The zero-order valence-corrected chi connectivity index (χ0v) is 15.1. The Morgan fingerprint density at radius 1 is 1.35 bits per heavy atom. The van der Waals surface area contributed by atoms with Gasteiger partial charge in [-0.15, -0.1) is 0 Å². The maximum atomic E-state index is 12.1. The largest absolute Gasteiger partial charge is 0.493 e. The predicted octanol–water partition coefficient (Wildman–Crippen LogP) is 4.57. The van der Waals surface area contributed by atoms with Gasteiger partial charge in [0.2, 0.25) is 0 Å². The molecule has 0 spiro atoms. The second-order valence-corrected chi connectivity index (χ2v) is 6.12. The van der Waals surface area contributed by atoms with Crippen LogP contribution in [0.25, 0.3) is 0 Å². The number of ether oxygens (including phenoxy) is 1. The zero-order chi connectivity index (χ0) is 16.8. The molecule has 0 radical (unpaired) electrons. The number of hydrogen-bond acceptors (Lipinski definition) is 3. The first-order valence-electron chi connectivity index (χ1n) is 7.03. The van der Waals surface area contributed by atoms with Gasteiger partial charge in [0, 0.05) is 10.0 Å². The summed E-state index contributed by atoms with van der Waals surface area (Å²) in [4.78, 5) is 12.1.